The minimum Gasteiger partial charge on any atom is -0.465 e. The maximum absolute atomic E-state index is 11.6. The molecule has 1 fully saturated rings. The van der Waals surface area contributed by atoms with Crippen LogP contribution in [0.5, 0.6) is 0 Å². The molecule has 0 amide bonds. The highest BCUT2D eigenvalue weighted by Crippen LogP contribution is 2.44. The van der Waals surface area contributed by atoms with Crippen molar-refractivity contribution in [3.05, 3.63) is 64.2 Å². The first kappa shape index (κ1) is 16.4. The molecule has 0 radical (unpaired) electrons. The van der Waals surface area contributed by atoms with Crippen LogP contribution in [0.2, 0.25) is 5.02 Å². The van der Waals surface area contributed by atoms with Crippen LogP contribution in [0.4, 0.5) is 5.69 Å². The second-order valence-electron chi connectivity index (χ2n) is 6.09. The van der Waals surface area contributed by atoms with Crippen molar-refractivity contribution in [2.45, 2.75) is 18.2 Å². The maximum Gasteiger partial charge on any atom is 0.337 e. The highest BCUT2D eigenvalue weighted by Gasteiger charge is 2.41. The molecule has 3 atom stereocenters. The molecule has 130 valence electrons. The summed E-state index contributed by atoms with van der Waals surface area (Å²) < 4.78 is 16.8. The molecular weight excluding hydrogens is 342 g/mol. The molecule has 2 aliphatic heterocycles. The van der Waals surface area contributed by atoms with Crippen molar-refractivity contribution in [3.63, 3.8) is 0 Å². The molecule has 0 aromatic heterocycles. The maximum atomic E-state index is 11.6. The number of benzene rings is 2. The number of methoxy groups -OCH3 is 1. The summed E-state index contributed by atoms with van der Waals surface area (Å²) in [5, 5.41) is 4.20. The number of carbonyl (C=O) groups is 1. The number of hydrogen-bond acceptors (Lipinski definition) is 5. The van der Waals surface area contributed by atoms with Crippen LogP contribution < -0.4 is 5.32 Å². The monoisotopic (exact) mass is 359 g/mol. The average molecular weight is 360 g/mol. The quantitative estimate of drug-likeness (QED) is 0.827. The standard InChI is InChI=1S/C19H18ClNO4/c1-23-19(22)12-4-2-11(3-5-12)16-18-17(24-8-9-25-18)14-10-13(20)6-7-15(14)21-16/h2-7,10,16-18,21H,8-9H2,1H3/t16-,17-,18+/m0/s1. The SMILES string of the molecule is COC(=O)c1ccc([C@@H]2Nc3ccc(Cl)cc3[C@@H]3OCCO[C@H]23)cc1. The first-order valence-electron chi connectivity index (χ1n) is 8.15. The number of fused-ring (bicyclic) bond motifs is 3. The Morgan fingerprint density at radius 2 is 1.92 bits per heavy atom. The van der Waals surface area contributed by atoms with Crippen LogP contribution in [0.1, 0.15) is 33.6 Å². The number of carbonyl (C=O) groups excluding carboxylic acids is 1. The van der Waals surface area contributed by atoms with Gasteiger partial charge in [-0.1, -0.05) is 23.7 Å². The molecule has 2 aromatic rings. The summed E-state index contributed by atoms with van der Waals surface area (Å²) in [5.74, 6) is -0.349. The van der Waals surface area contributed by atoms with Crippen molar-refractivity contribution < 1.29 is 19.0 Å². The molecule has 2 aromatic carbocycles. The summed E-state index contributed by atoms with van der Waals surface area (Å²) in [6, 6.07) is 13.0. The number of hydrogen-bond donors (Lipinski definition) is 1. The predicted octanol–water partition coefficient (Wildman–Crippen LogP) is 3.75. The third-order valence-corrected chi connectivity index (χ3v) is 4.88. The first-order chi connectivity index (χ1) is 12.2. The van der Waals surface area contributed by atoms with Crippen LogP contribution in [-0.2, 0) is 14.2 Å². The van der Waals surface area contributed by atoms with Gasteiger partial charge in [0, 0.05) is 16.3 Å². The molecule has 25 heavy (non-hydrogen) atoms. The first-order valence-corrected chi connectivity index (χ1v) is 8.52. The van der Waals surface area contributed by atoms with Crippen LogP contribution >= 0.6 is 11.6 Å². The molecule has 0 bridgehead atoms. The second kappa shape index (κ2) is 6.67. The fourth-order valence-corrected chi connectivity index (χ4v) is 3.63. The average Bonchev–Trinajstić information content (AvgIpc) is 2.67. The number of ether oxygens (including phenoxy) is 3. The number of anilines is 1. The third kappa shape index (κ3) is 2.99. The number of rotatable bonds is 2. The summed E-state index contributed by atoms with van der Waals surface area (Å²) in [6.45, 7) is 1.11. The topological polar surface area (TPSA) is 56.8 Å². The highest BCUT2D eigenvalue weighted by molar-refractivity contribution is 6.30. The summed E-state index contributed by atoms with van der Waals surface area (Å²) in [4.78, 5) is 11.6. The predicted molar refractivity (Wildman–Crippen MR) is 94.0 cm³/mol. The highest BCUT2D eigenvalue weighted by atomic mass is 35.5. The van der Waals surface area contributed by atoms with E-state index in [0.29, 0.717) is 23.8 Å². The van der Waals surface area contributed by atoms with E-state index in [-0.39, 0.29) is 24.2 Å². The Morgan fingerprint density at radius 1 is 1.16 bits per heavy atom. The van der Waals surface area contributed by atoms with E-state index in [4.69, 9.17) is 25.8 Å². The molecule has 0 unspecified atom stereocenters. The largest absolute Gasteiger partial charge is 0.465 e. The lowest BCUT2D eigenvalue weighted by Crippen LogP contribution is -2.43. The van der Waals surface area contributed by atoms with Crippen LogP contribution in [0.15, 0.2) is 42.5 Å². The normalized spacial score (nSPS) is 24.6. The molecule has 0 aliphatic carbocycles. The van der Waals surface area contributed by atoms with E-state index in [1.54, 1.807) is 12.1 Å². The Balaban J connectivity index is 1.69. The van der Waals surface area contributed by atoms with Crippen molar-refractivity contribution in [3.8, 4) is 0 Å². The van der Waals surface area contributed by atoms with Crippen LogP contribution in [0, 0.1) is 0 Å². The fourth-order valence-electron chi connectivity index (χ4n) is 3.45. The molecule has 1 N–H and O–H groups in total. The zero-order chi connectivity index (χ0) is 17.4. The van der Waals surface area contributed by atoms with Crippen molar-refractivity contribution in [2.24, 2.45) is 0 Å². The summed E-state index contributed by atoms with van der Waals surface area (Å²) in [7, 11) is 1.37. The van der Waals surface area contributed by atoms with E-state index >= 15 is 0 Å². The van der Waals surface area contributed by atoms with E-state index in [1.165, 1.54) is 7.11 Å². The molecule has 6 heteroatoms. The van der Waals surface area contributed by atoms with Gasteiger partial charge in [0.25, 0.3) is 0 Å². The van der Waals surface area contributed by atoms with Crippen LogP contribution in [0.25, 0.3) is 0 Å². The van der Waals surface area contributed by atoms with Crippen molar-refractivity contribution >= 4 is 23.3 Å². The summed E-state index contributed by atoms with van der Waals surface area (Å²) >= 11 is 6.15. The fraction of sp³-hybridized carbons (Fsp3) is 0.316. The zero-order valence-electron chi connectivity index (χ0n) is 13.7. The van der Waals surface area contributed by atoms with Gasteiger partial charge < -0.3 is 19.5 Å². The van der Waals surface area contributed by atoms with Crippen molar-refractivity contribution in [1.29, 1.82) is 0 Å². The van der Waals surface area contributed by atoms with E-state index < -0.39 is 0 Å². The van der Waals surface area contributed by atoms with E-state index in [2.05, 4.69) is 5.32 Å². The van der Waals surface area contributed by atoms with Crippen LogP contribution in [-0.4, -0.2) is 32.4 Å². The molecule has 2 aliphatic rings. The van der Waals surface area contributed by atoms with Gasteiger partial charge in [-0.2, -0.15) is 0 Å². The van der Waals surface area contributed by atoms with Gasteiger partial charge in [-0.3, -0.25) is 0 Å². The van der Waals surface area contributed by atoms with E-state index in [1.807, 2.05) is 30.3 Å². The number of esters is 1. The van der Waals surface area contributed by atoms with Gasteiger partial charge in [0.05, 0.1) is 31.9 Å². The van der Waals surface area contributed by atoms with Gasteiger partial charge in [0.15, 0.2) is 0 Å². The Hall–Kier alpha value is -2.08. The lowest BCUT2D eigenvalue weighted by molar-refractivity contribution is -0.151. The van der Waals surface area contributed by atoms with Crippen molar-refractivity contribution in [2.75, 3.05) is 25.6 Å². The minimum atomic E-state index is -0.349. The second-order valence-corrected chi connectivity index (χ2v) is 6.53. The third-order valence-electron chi connectivity index (χ3n) is 4.64. The number of nitrogens with one attached hydrogen (secondary N) is 1. The molecule has 0 spiro atoms. The van der Waals surface area contributed by atoms with Gasteiger partial charge >= 0.3 is 5.97 Å². The van der Waals surface area contributed by atoms with Gasteiger partial charge in [0.1, 0.15) is 12.2 Å². The van der Waals surface area contributed by atoms with Gasteiger partial charge in [-0.25, -0.2) is 4.79 Å². The van der Waals surface area contributed by atoms with Gasteiger partial charge in [0.2, 0.25) is 0 Å². The molecule has 4 rings (SSSR count). The lowest BCUT2D eigenvalue weighted by Gasteiger charge is -2.43. The van der Waals surface area contributed by atoms with Crippen molar-refractivity contribution in [1.82, 2.24) is 0 Å². The molecular formula is C19H18ClNO4. The van der Waals surface area contributed by atoms with E-state index in [0.717, 1.165) is 16.8 Å². The smallest absolute Gasteiger partial charge is 0.337 e. The Kier molecular flexibility index (Phi) is 4.37. The molecule has 1 saturated heterocycles. The minimum absolute atomic E-state index is 0.0781. The number of halogens is 1. The summed E-state index contributed by atoms with van der Waals surface area (Å²) in [5.41, 5.74) is 3.54. The Morgan fingerprint density at radius 3 is 2.68 bits per heavy atom. The van der Waals surface area contributed by atoms with E-state index in [9.17, 15) is 4.79 Å². The zero-order valence-corrected chi connectivity index (χ0v) is 14.5. The van der Waals surface area contributed by atoms with Crippen LogP contribution in [0.3, 0.4) is 0 Å². The Labute approximate surface area is 150 Å². The molecule has 5 nitrogen and oxygen atoms in total. The lowest BCUT2D eigenvalue weighted by atomic mass is 9.87. The van der Waals surface area contributed by atoms with Gasteiger partial charge in [-0.15, -0.1) is 0 Å². The summed E-state index contributed by atoms with van der Waals surface area (Å²) in [6.07, 6.45) is -0.335. The molecule has 0 saturated carbocycles. The van der Waals surface area contributed by atoms with Gasteiger partial charge in [-0.05, 0) is 35.9 Å². The Bertz CT molecular complexity index is 793. The molecule has 2 heterocycles.